The Bertz CT molecular complexity index is 596. The molecule has 0 bridgehead atoms. The molecule has 3 heteroatoms. The van der Waals surface area contributed by atoms with Crippen molar-refractivity contribution >= 4 is 17.8 Å². The summed E-state index contributed by atoms with van der Waals surface area (Å²) in [5.74, 6) is 0. The van der Waals surface area contributed by atoms with Gasteiger partial charge in [0.1, 0.15) is 0 Å². The van der Waals surface area contributed by atoms with Gasteiger partial charge in [0.2, 0.25) is 0 Å². The summed E-state index contributed by atoms with van der Waals surface area (Å²) in [5.41, 5.74) is 3.85. The molecule has 1 fully saturated rings. The lowest BCUT2D eigenvalue weighted by Gasteiger charge is -2.25. The van der Waals surface area contributed by atoms with Crippen molar-refractivity contribution in [3.05, 3.63) is 60.2 Å². The highest BCUT2D eigenvalue weighted by atomic mass is 16.4. The van der Waals surface area contributed by atoms with E-state index in [9.17, 15) is 0 Å². The summed E-state index contributed by atoms with van der Waals surface area (Å²) in [6, 6.07) is 19.9. The summed E-state index contributed by atoms with van der Waals surface area (Å²) < 4.78 is 6.39. The van der Waals surface area contributed by atoms with Gasteiger partial charge < -0.3 is 9.97 Å². The molecule has 1 saturated heterocycles. The zero-order chi connectivity index (χ0) is 15.9. The molecule has 0 aromatic heterocycles. The minimum Gasteiger partial charge on any atom is -0.425 e. The Morgan fingerprint density at radius 1 is 1.04 bits per heavy atom. The summed E-state index contributed by atoms with van der Waals surface area (Å²) in [4.78, 5) is 0. The SMILES string of the molecule is C.CCc1cccc(B(OCC2CCCCN2)c2ccccc2)c1. The van der Waals surface area contributed by atoms with Crippen molar-refractivity contribution in [3.8, 4) is 0 Å². The van der Waals surface area contributed by atoms with Gasteiger partial charge in [-0.25, -0.2) is 0 Å². The molecule has 0 radical (unpaired) electrons. The first-order valence-corrected chi connectivity index (χ1v) is 8.85. The monoisotopic (exact) mass is 323 g/mol. The molecular formula is C21H30BNO. The number of hydrogen-bond donors (Lipinski definition) is 1. The smallest absolute Gasteiger partial charge is 0.361 e. The Hall–Kier alpha value is -1.58. The molecule has 24 heavy (non-hydrogen) atoms. The van der Waals surface area contributed by atoms with Gasteiger partial charge in [-0.2, -0.15) is 0 Å². The van der Waals surface area contributed by atoms with Crippen molar-refractivity contribution in [1.29, 1.82) is 0 Å². The van der Waals surface area contributed by atoms with Gasteiger partial charge >= 0.3 is 6.92 Å². The second kappa shape index (κ2) is 9.66. The molecule has 2 nitrogen and oxygen atoms in total. The van der Waals surface area contributed by atoms with Gasteiger partial charge in [0.25, 0.3) is 0 Å². The molecule has 1 atom stereocenters. The van der Waals surface area contributed by atoms with E-state index in [1.165, 1.54) is 35.8 Å². The van der Waals surface area contributed by atoms with Crippen LogP contribution in [0.25, 0.3) is 0 Å². The van der Waals surface area contributed by atoms with Gasteiger partial charge in [-0.3, -0.25) is 0 Å². The number of hydrogen-bond acceptors (Lipinski definition) is 2. The van der Waals surface area contributed by atoms with Crippen molar-refractivity contribution in [2.75, 3.05) is 13.2 Å². The average Bonchev–Trinajstić information content (AvgIpc) is 2.64. The van der Waals surface area contributed by atoms with Gasteiger partial charge in [-0.1, -0.05) is 75.4 Å². The number of piperidine rings is 1. The third kappa shape index (κ3) is 4.96. The molecular weight excluding hydrogens is 293 g/mol. The van der Waals surface area contributed by atoms with Crippen LogP contribution in [0.15, 0.2) is 54.6 Å². The van der Waals surface area contributed by atoms with Crippen molar-refractivity contribution in [1.82, 2.24) is 5.32 Å². The summed E-state index contributed by atoms with van der Waals surface area (Å²) in [6.45, 7) is 4.11. The lowest BCUT2D eigenvalue weighted by molar-refractivity contribution is 0.246. The molecule has 1 unspecified atom stereocenters. The second-order valence-corrected chi connectivity index (χ2v) is 6.37. The third-order valence-corrected chi connectivity index (χ3v) is 4.64. The van der Waals surface area contributed by atoms with Crippen LogP contribution in [-0.4, -0.2) is 26.1 Å². The van der Waals surface area contributed by atoms with Crippen LogP contribution in [0.3, 0.4) is 0 Å². The Morgan fingerprint density at radius 3 is 2.54 bits per heavy atom. The van der Waals surface area contributed by atoms with Crippen LogP contribution in [0.1, 0.15) is 39.2 Å². The fourth-order valence-corrected chi connectivity index (χ4v) is 3.27. The van der Waals surface area contributed by atoms with Crippen LogP contribution in [0.4, 0.5) is 0 Å². The number of benzene rings is 2. The van der Waals surface area contributed by atoms with Gasteiger partial charge in [0.15, 0.2) is 0 Å². The highest BCUT2D eigenvalue weighted by Gasteiger charge is 2.23. The molecule has 2 aromatic rings. The maximum atomic E-state index is 6.39. The van der Waals surface area contributed by atoms with E-state index >= 15 is 0 Å². The van der Waals surface area contributed by atoms with Crippen molar-refractivity contribution in [3.63, 3.8) is 0 Å². The molecule has 1 aliphatic rings. The lowest BCUT2D eigenvalue weighted by Crippen LogP contribution is -2.48. The van der Waals surface area contributed by atoms with Gasteiger partial charge in [-0.15, -0.1) is 0 Å². The highest BCUT2D eigenvalue weighted by molar-refractivity contribution is 6.80. The predicted octanol–water partition coefficient (Wildman–Crippen LogP) is 3.15. The molecule has 3 rings (SSSR count). The summed E-state index contributed by atoms with van der Waals surface area (Å²) in [5, 5.41) is 3.57. The second-order valence-electron chi connectivity index (χ2n) is 6.37. The summed E-state index contributed by atoms with van der Waals surface area (Å²) in [7, 11) is 0. The normalized spacial score (nSPS) is 17.1. The molecule has 1 heterocycles. The Morgan fingerprint density at radius 2 is 1.83 bits per heavy atom. The first-order valence-electron chi connectivity index (χ1n) is 8.85. The topological polar surface area (TPSA) is 21.3 Å². The van der Waals surface area contributed by atoms with Crippen molar-refractivity contribution < 1.29 is 4.65 Å². The van der Waals surface area contributed by atoms with E-state index in [1.54, 1.807) is 0 Å². The standard InChI is InChI=1S/C20H26BNO.CH4/c1-2-17-9-8-12-19(15-17)21(18-10-4-3-5-11-18)23-16-20-13-6-7-14-22-20;/h3-5,8-12,15,20,22H,2,6-7,13-14,16H2,1H3;1H4. The highest BCUT2D eigenvalue weighted by Crippen LogP contribution is 2.08. The molecule has 1 N–H and O–H groups in total. The van der Waals surface area contributed by atoms with Gasteiger partial charge in [0, 0.05) is 12.6 Å². The Kier molecular flexibility index (Phi) is 7.55. The van der Waals surface area contributed by atoms with Gasteiger partial charge in [-0.05, 0) is 42.3 Å². The number of rotatable bonds is 6. The van der Waals surface area contributed by atoms with Gasteiger partial charge in [0.05, 0.1) is 0 Å². The van der Waals surface area contributed by atoms with Crippen LogP contribution in [-0.2, 0) is 11.1 Å². The zero-order valence-corrected chi connectivity index (χ0v) is 14.0. The van der Waals surface area contributed by atoms with E-state index in [0.717, 1.165) is 19.6 Å². The zero-order valence-electron chi connectivity index (χ0n) is 14.0. The van der Waals surface area contributed by atoms with Crippen LogP contribution in [0.5, 0.6) is 0 Å². The molecule has 0 spiro atoms. The number of aryl methyl sites for hydroxylation is 1. The summed E-state index contributed by atoms with van der Waals surface area (Å²) >= 11 is 0. The molecule has 2 aromatic carbocycles. The largest absolute Gasteiger partial charge is 0.425 e. The fourth-order valence-electron chi connectivity index (χ4n) is 3.27. The molecule has 128 valence electrons. The van der Waals surface area contributed by atoms with Crippen molar-refractivity contribution in [2.45, 2.75) is 46.1 Å². The van der Waals surface area contributed by atoms with E-state index in [-0.39, 0.29) is 14.3 Å². The molecule has 0 saturated carbocycles. The third-order valence-electron chi connectivity index (χ3n) is 4.64. The predicted molar refractivity (Wildman–Crippen MR) is 106 cm³/mol. The van der Waals surface area contributed by atoms with Crippen LogP contribution in [0.2, 0.25) is 0 Å². The molecule has 0 amide bonds. The first kappa shape index (κ1) is 18.8. The minimum absolute atomic E-state index is 0. The van der Waals surface area contributed by atoms with E-state index in [4.69, 9.17) is 4.65 Å². The Balaban J connectivity index is 0.00000208. The van der Waals surface area contributed by atoms with E-state index in [2.05, 4.69) is 66.8 Å². The Labute approximate surface area is 147 Å². The molecule has 1 aliphatic heterocycles. The van der Waals surface area contributed by atoms with Crippen molar-refractivity contribution in [2.24, 2.45) is 0 Å². The van der Waals surface area contributed by atoms with Crippen LogP contribution in [0, 0.1) is 0 Å². The van der Waals surface area contributed by atoms with Crippen LogP contribution < -0.4 is 16.2 Å². The number of nitrogens with one attached hydrogen (secondary N) is 1. The quantitative estimate of drug-likeness (QED) is 0.825. The molecule has 0 aliphatic carbocycles. The van der Waals surface area contributed by atoms with E-state index in [1.807, 2.05) is 0 Å². The van der Waals surface area contributed by atoms with E-state index < -0.39 is 0 Å². The van der Waals surface area contributed by atoms with Crippen LogP contribution >= 0.6 is 0 Å². The lowest BCUT2D eigenvalue weighted by atomic mass is 9.55. The summed E-state index contributed by atoms with van der Waals surface area (Å²) in [6.07, 6.45) is 4.87. The average molecular weight is 323 g/mol. The fraction of sp³-hybridized carbons (Fsp3) is 0.429. The first-order chi connectivity index (χ1) is 11.4. The van der Waals surface area contributed by atoms with E-state index in [0.29, 0.717) is 6.04 Å². The maximum absolute atomic E-state index is 6.39. The maximum Gasteiger partial charge on any atom is 0.361 e. The minimum atomic E-state index is 0.